The molecule has 1 nitrogen and oxygen atoms in total. The van der Waals surface area contributed by atoms with Crippen molar-refractivity contribution < 1.29 is 0 Å². The summed E-state index contributed by atoms with van der Waals surface area (Å²) in [6, 6.07) is 9.72. The van der Waals surface area contributed by atoms with Crippen molar-refractivity contribution in [3.05, 3.63) is 35.4 Å². The lowest BCUT2D eigenvalue weighted by Gasteiger charge is -2.38. The molecule has 0 heterocycles. The Morgan fingerprint density at radius 3 is 2.71 bits per heavy atom. The lowest BCUT2D eigenvalue weighted by atomic mass is 9.71. The summed E-state index contributed by atoms with van der Waals surface area (Å²) in [5, 5.41) is 3.94. The number of fused-ring (bicyclic) bond motifs is 3. The van der Waals surface area contributed by atoms with Crippen LogP contribution in [0.25, 0.3) is 0 Å². The van der Waals surface area contributed by atoms with E-state index in [1.54, 1.807) is 11.1 Å². The van der Waals surface area contributed by atoms with Gasteiger partial charge in [0.05, 0.1) is 0 Å². The number of hydrogen-bond donors (Lipinski definition) is 1. The van der Waals surface area contributed by atoms with E-state index in [-0.39, 0.29) is 0 Å². The number of nitrogens with one attached hydrogen (secondary N) is 1. The molecular weight excluding hydrogens is 254 g/mol. The monoisotopic (exact) mass is 283 g/mol. The minimum absolute atomic E-state index is 0.348. The smallest absolute Gasteiger partial charge is 0.0323 e. The molecular formula is C20H29N. The van der Waals surface area contributed by atoms with Crippen LogP contribution < -0.4 is 5.32 Å². The first-order chi connectivity index (χ1) is 10.1. The molecule has 1 N–H and O–H groups in total. The molecule has 1 aromatic carbocycles. The third-order valence-corrected chi connectivity index (χ3v) is 6.63. The van der Waals surface area contributed by atoms with Crippen LogP contribution in [0.15, 0.2) is 24.3 Å². The quantitative estimate of drug-likeness (QED) is 0.838. The molecule has 2 saturated carbocycles. The van der Waals surface area contributed by atoms with Crippen molar-refractivity contribution in [3.63, 3.8) is 0 Å². The van der Waals surface area contributed by atoms with Crippen LogP contribution in [0.4, 0.5) is 0 Å². The average molecular weight is 283 g/mol. The molecule has 2 bridgehead atoms. The Morgan fingerprint density at radius 1 is 1.10 bits per heavy atom. The molecule has 0 saturated heterocycles. The molecule has 0 spiro atoms. The first-order valence-electron chi connectivity index (χ1n) is 8.96. The number of benzene rings is 1. The summed E-state index contributed by atoms with van der Waals surface area (Å²) < 4.78 is 0. The van der Waals surface area contributed by atoms with Crippen molar-refractivity contribution >= 4 is 0 Å². The van der Waals surface area contributed by atoms with E-state index in [2.05, 4.69) is 43.4 Å². The number of rotatable bonds is 3. The standard InChI is InChI=1S/C20H29N/c1-20(2)10-9-19(17-5-3-4-6-18(17)20)21-13-16-12-14-7-8-15(16)11-14/h3-6,14-16,19,21H,7-13H2,1-2H3. The Hall–Kier alpha value is -0.820. The summed E-state index contributed by atoms with van der Waals surface area (Å²) in [7, 11) is 0. The first-order valence-corrected chi connectivity index (χ1v) is 8.96. The van der Waals surface area contributed by atoms with Gasteiger partial charge in [-0.15, -0.1) is 0 Å². The van der Waals surface area contributed by atoms with Gasteiger partial charge < -0.3 is 5.32 Å². The van der Waals surface area contributed by atoms with Crippen molar-refractivity contribution in [2.45, 2.75) is 63.8 Å². The Labute approximate surface area is 129 Å². The maximum Gasteiger partial charge on any atom is 0.0323 e. The highest BCUT2D eigenvalue weighted by Crippen LogP contribution is 2.48. The lowest BCUT2D eigenvalue weighted by molar-refractivity contribution is 0.286. The molecule has 3 aliphatic rings. The minimum atomic E-state index is 0.348. The second kappa shape index (κ2) is 5.12. The predicted octanol–water partition coefficient (Wildman–Crippen LogP) is 4.82. The van der Waals surface area contributed by atoms with Crippen LogP contribution in [0.1, 0.15) is 69.5 Å². The highest BCUT2D eigenvalue weighted by atomic mass is 14.9. The van der Waals surface area contributed by atoms with Gasteiger partial charge in [0.1, 0.15) is 0 Å². The molecule has 0 aliphatic heterocycles. The van der Waals surface area contributed by atoms with Gasteiger partial charge in [-0.1, -0.05) is 44.5 Å². The van der Waals surface area contributed by atoms with E-state index in [0.29, 0.717) is 11.5 Å². The molecule has 21 heavy (non-hydrogen) atoms. The van der Waals surface area contributed by atoms with Crippen molar-refractivity contribution in [1.82, 2.24) is 5.32 Å². The van der Waals surface area contributed by atoms with Crippen molar-refractivity contribution in [2.24, 2.45) is 17.8 Å². The Balaban J connectivity index is 1.46. The normalized spacial score (nSPS) is 36.7. The molecule has 2 fully saturated rings. The highest BCUT2D eigenvalue weighted by molar-refractivity contribution is 5.38. The second-order valence-corrected chi connectivity index (χ2v) is 8.41. The molecule has 4 unspecified atom stereocenters. The molecule has 4 atom stereocenters. The lowest BCUT2D eigenvalue weighted by Crippen LogP contribution is -2.35. The van der Waals surface area contributed by atoms with Gasteiger partial charge in [-0.3, -0.25) is 0 Å². The van der Waals surface area contributed by atoms with E-state index in [4.69, 9.17) is 0 Å². The second-order valence-electron chi connectivity index (χ2n) is 8.41. The fourth-order valence-electron chi connectivity index (χ4n) is 5.34. The van der Waals surface area contributed by atoms with Crippen LogP contribution in [0, 0.1) is 17.8 Å². The Bertz CT molecular complexity index is 518. The van der Waals surface area contributed by atoms with Crippen LogP contribution in [-0.2, 0) is 5.41 Å². The van der Waals surface area contributed by atoms with E-state index in [1.165, 1.54) is 45.1 Å². The van der Waals surface area contributed by atoms with Crippen LogP contribution in [0.2, 0.25) is 0 Å². The van der Waals surface area contributed by atoms with Gasteiger partial charge in [0.15, 0.2) is 0 Å². The minimum Gasteiger partial charge on any atom is -0.310 e. The molecule has 4 rings (SSSR count). The third-order valence-electron chi connectivity index (χ3n) is 6.63. The van der Waals surface area contributed by atoms with Gasteiger partial charge in [-0.05, 0) is 72.9 Å². The van der Waals surface area contributed by atoms with E-state index < -0.39 is 0 Å². The molecule has 0 aromatic heterocycles. The van der Waals surface area contributed by atoms with Crippen molar-refractivity contribution in [1.29, 1.82) is 0 Å². The van der Waals surface area contributed by atoms with Crippen LogP contribution in [-0.4, -0.2) is 6.54 Å². The summed E-state index contributed by atoms with van der Waals surface area (Å²) in [5.41, 5.74) is 3.49. The summed E-state index contributed by atoms with van der Waals surface area (Å²) in [6.07, 6.45) is 8.65. The number of hydrogen-bond acceptors (Lipinski definition) is 1. The predicted molar refractivity (Wildman–Crippen MR) is 88.4 cm³/mol. The summed E-state index contributed by atoms with van der Waals surface area (Å²) in [6.45, 7) is 6.05. The molecule has 0 amide bonds. The van der Waals surface area contributed by atoms with E-state index in [9.17, 15) is 0 Å². The molecule has 3 aliphatic carbocycles. The van der Waals surface area contributed by atoms with Crippen molar-refractivity contribution in [2.75, 3.05) is 6.54 Å². The largest absolute Gasteiger partial charge is 0.310 e. The summed E-state index contributed by atoms with van der Waals surface area (Å²) in [4.78, 5) is 0. The van der Waals surface area contributed by atoms with E-state index >= 15 is 0 Å². The molecule has 1 heteroatoms. The maximum absolute atomic E-state index is 3.94. The van der Waals surface area contributed by atoms with Gasteiger partial charge in [0, 0.05) is 6.04 Å². The first kappa shape index (κ1) is 13.8. The SMILES string of the molecule is CC1(C)CCC(NCC2CC3CCC2C3)c2ccccc21. The highest BCUT2D eigenvalue weighted by Gasteiger charge is 2.40. The maximum atomic E-state index is 3.94. The van der Waals surface area contributed by atoms with Gasteiger partial charge in [0.25, 0.3) is 0 Å². The third kappa shape index (κ3) is 2.44. The van der Waals surface area contributed by atoms with Gasteiger partial charge in [-0.25, -0.2) is 0 Å². The zero-order valence-electron chi connectivity index (χ0n) is 13.6. The van der Waals surface area contributed by atoms with E-state index in [1.807, 2.05) is 0 Å². The Morgan fingerprint density at radius 2 is 1.95 bits per heavy atom. The zero-order valence-corrected chi connectivity index (χ0v) is 13.6. The Kier molecular flexibility index (Phi) is 3.37. The van der Waals surface area contributed by atoms with Gasteiger partial charge >= 0.3 is 0 Å². The molecule has 114 valence electrons. The average Bonchev–Trinajstić information content (AvgIpc) is 3.09. The molecule has 1 aromatic rings. The van der Waals surface area contributed by atoms with Crippen LogP contribution in [0.5, 0.6) is 0 Å². The summed E-state index contributed by atoms with van der Waals surface area (Å²) >= 11 is 0. The van der Waals surface area contributed by atoms with Gasteiger partial charge in [-0.2, -0.15) is 0 Å². The van der Waals surface area contributed by atoms with E-state index in [0.717, 1.165) is 17.8 Å². The molecule has 0 radical (unpaired) electrons. The van der Waals surface area contributed by atoms with Crippen LogP contribution in [0.3, 0.4) is 0 Å². The zero-order chi connectivity index (χ0) is 14.4. The van der Waals surface area contributed by atoms with Crippen molar-refractivity contribution in [3.8, 4) is 0 Å². The van der Waals surface area contributed by atoms with Gasteiger partial charge in [0.2, 0.25) is 0 Å². The topological polar surface area (TPSA) is 12.0 Å². The fourth-order valence-corrected chi connectivity index (χ4v) is 5.34. The summed E-state index contributed by atoms with van der Waals surface area (Å²) in [5.74, 6) is 3.07. The van der Waals surface area contributed by atoms with Crippen LogP contribution >= 0.6 is 0 Å². The fraction of sp³-hybridized carbons (Fsp3) is 0.700.